The normalized spacial score (nSPS) is 16.7. The minimum Gasteiger partial charge on any atom is -0.480 e. The van der Waals surface area contributed by atoms with E-state index in [-0.39, 0.29) is 12.8 Å². The molecule has 1 aliphatic heterocycles. The van der Waals surface area contributed by atoms with E-state index in [1.165, 1.54) is 0 Å². The molecule has 2 atom stereocenters. The van der Waals surface area contributed by atoms with Crippen LogP contribution in [0, 0.1) is 0 Å². The van der Waals surface area contributed by atoms with Crippen LogP contribution in [0.25, 0.3) is 0 Å². The lowest BCUT2D eigenvalue weighted by Gasteiger charge is -2.25. The number of rotatable bonds is 9. The van der Waals surface area contributed by atoms with E-state index in [2.05, 4.69) is 5.32 Å². The molecule has 8 heteroatoms. The lowest BCUT2D eigenvalue weighted by molar-refractivity contribution is -0.147. The highest BCUT2D eigenvalue weighted by Crippen LogP contribution is 2.13. The van der Waals surface area contributed by atoms with E-state index in [1.54, 1.807) is 6.92 Å². The summed E-state index contributed by atoms with van der Waals surface area (Å²) in [7, 11) is 0. The van der Waals surface area contributed by atoms with E-state index >= 15 is 0 Å². The summed E-state index contributed by atoms with van der Waals surface area (Å²) in [4.78, 5) is 47.5. The molecule has 3 amide bonds. The van der Waals surface area contributed by atoms with Gasteiger partial charge in [-0.15, -0.1) is 0 Å². The Morgan fingerprint density at radius 2 is 1.86 bits per heavy atom. The lowest BCUT2D eigenvalue weighted by Crippen LogP contribution is -2.53. The molecule has 0 radical (unpaired) electrons. The predicted octanol–water partition coefficient (Wildman–Crippen LogP) is -0.612. The van der Waals surface area contributed by atoms with Crippen molar-refractivity contribution in [1.82, 2.24) is 10.2 Å². The summed E-state index contributed by atoms with van der Waals surface area (Å²) in [5.41, 5.74) is 5.35. The van der Waals surface area contributed by atoms with Gasteiger partial charge < -0.3 is 16.2 Å². The van der Waals surface area contributed by atoms with Gasteiger partial charge in [-0.25, -0.2) is 4.79 Å². The van der Waals surface area contributed by atoms with E-state index in [4.69, 9.17) is 10.8 Å². The number of amides is 3. The first-order valence-corrected chi connectivity index (χ1v) is 7.20. The molecule has 0 aromatic rings. The van der Waals surface area contributed by atoms with Gasteiger partial charge in [-0.2, -0.15) is 0 Å². The number of carboxylic acid groups (broad SMARTS) is 1. The molecule has 2 unspecified atom stereocenters. The third-order valence-corrected chi connectivity index (χ3v) is 3.41. The summed E-state index contributed by atoms with van der Waals surface area (Å²) < 4.78 is 0. The highest BCUT2D eigenvalue weighted by atomic mass is 16.4. The fourth-order valence-corrected chi connectivity index (χ4v) is 2.22. The molecule has 0 saturated carbocycles. The second-order valence-electron chi connectivity index (χ2n) is 4.99. The predicted molar refractivity (Wildman–Crippen MR) is 77.5 cm³/mol. The maximum atomic E-state index is 12.2. The van der Waals surface area contributed by atoms with Crippen molar-refractivity contribution in [3.8, 4) is 0 Å². The highest BCUT2D eigenvalue weighted by molar-refractivity contribution is 6.15. The van der Waals surface area contributed by atoms with Crippen LogP contribution in [0.5, 0.6) is 0 Å². The van der Waals surface area contributed by atoms with Crippen LogP contribution in [-0.2, 0) is 19.2 Å². The smallest absolute Gasteiger partial charge is 0.326 e. The molecule has 1 rings (SSSR count). The first-order valence-electron chi connectivity index (χ1n) is 7.20. The van der Waals surface area contributed by atoms with Gasteiger partial charge in [-0.3, -0.25) is 19.3 Å². The third-order valence-electron chi connectivity index (χ3n) is 3.41. The fourth-order valence-electron chi connectivity index (χ4n) is 2.22. The number of carbonyl (C=O) groups excluding carboxylic acids is 3. The van der Waals surface area contributed by atoms with Crippen LogP contribution in [0.15, 0.2) is 12.2 Å². The van der Waals surface area contributed by atoms with Crippen molar-refractivity contribution in [2.24, 2.45) is 5.73 Å². The zero-order valence-electron chi connectivity index (χ0n) is 12.4. The van der Waals surface area contributed by atoms with Crippen molar-refractivity contribution in [3.63, 3.8) is 0 Å². The van der Waals surface area contributed by atoms with Crippen molar-refractivity contribution < 1.29 is 24.3 Å². The number of hydrogen-bond acceptors (Lipinski definition) is 5. The Kier molecular flexibility index (Phi) is 6.71. The number of carbonyl (C=O) groups is 4. The Labute approximate surface area is 128 Å². The molecule has 0 aromatic carbocycles. The number of nitrogens with two attached hydrogens (primary N) is 1. The average molecular weight is 311 g/mol. The number of imide groups is 1. The lowest BCUT2D eigenvalue weighted by atomic mass is 10.1. The summed E-state index contributed by atoms with van der Waals surface area (Å²) in [5, 5.41) is 11.5. The van der Waals surface area contributed by atoms with Gasteiger partial charge in [-0.05, 0) is 32.2 Å². The number of hydrogen-bond donors (Lipinski definition) is 3. The van der Waals surface area contributed by atoms with Crippen LogP contribution in [0.4, 0.5) is 0 Å². The maximum Gasteiger partial charge on any atom is 0.326 e. The minimum atomic E-state index is -1.16. The van der Waals surface area contributed by atoms with Crippen LogP contribution < -0.4 is 11.1 Å². The molecule has 0 fully saturated rings. The number of aliphatic carboxylic acids is 1. The number of nitrogens with zero attached hydrogens (tertiary/aromatic N) is 1. The average Bonchev–Trinajstić information content (AvgIpc) is 2.79. The first-order chi connectivity index (χ1) is 10.4. The van der Waals surface area contributed by atoms with Gasteiger partial charge in [0.15, 0.2) is 0 Å². The van der Waals surface area contributed by atoms with Crippen LogP contribution in [0.1, 0.15) is 32.6 Å². The zero-order chi connectivity index (χ0) is 16.7. The van der Waals surface area contributed by atoms with Gasteiger partial charge in [0.05, 0.1) is 0 Å². The van der Waals surface area contributed by atoms with Crippen molar-refractivity contribution in [2.45, 2.75) is 44.7 Å². The van der Waals surface area contributed by atoms with E-state index in [1.807, 2.05) is 0 Å². The molecule has 8 nitrogen and oxygen atoms in total. The largest absolute Gasteiger partial charge is 0.480 e. The summed E-state index contributed by atoms with van der Waals surface area (Å²) in [5.74, 6) is -2.94. The van der Waals surface area contributed by atoms with Crippen LogP contribution >= 0.6 is 0 Å². The minimum absolute atomic E-state index is 0.208. The van der Waals surface area contributed by atoms with E-state index in [9.17, 15) is 19.2 Å². The second kappa shape index (κ2) is 8.28. The monoisotopic (exact) mass is 311 g/mol. The number of nitrogens with one attached hydrogen (secondary N) is 1. The van der Waals surface area contributed by atoms with Crippen LogP contribution in [0.3, 0.4) is 0 Å². The van der Waals surface area contributed by atoms with Crippen LogP contribution in [0.2, 0.25) is 0 Å². The first kappa shape index (κ1) is 17.8. The molecule has 4 N–H and O–H groups in total. The van der Waals surface area contributed by atoms with Crippen molar-refractivity contribution >= 4 is 23.7 Å². The Hall–Kier alpha value is -2.22. The van der Waals surface area contributed by atoms with E-state index in [0.29, 0.717) is 19.4 Å². The van der Waals surface area contributed by atoms with Gasteiger partial charge >= 0.3 is 5.97 Å². The van der Waals surface area contributed by atoms with Gasteiger partial charge in [0.25, 0.3) is 11.8 Å². The highest BCUT2D eigenvalue weighted by Gasteiger charge is 2.35. The van der Waals surface area contributed by atoms with E-state index in [0.717, 1.165) is 17.1 Å². The maximum absolute atomic E-state index is 12.2. The Balaban J connectivity index is 2.72. The molecule has 1 heterocycles. The molecular formula is C14H21N3O5. The second-order valence-corrected chi connectivity index (χ2v) is 4.99. The SMILES string of the molecule is CCC(C(=O)NC(CCCCN)C(=O)O)N1C(=O)C=CC1=O. The Morgan fingerprint density at radius 1 is 1.27 bits per heavy atom. The standard InChI is InChI=1S/C14H21N3O5/c1-2-10(17-11(18)6-7-12(17)19)13(20)16-9(14(21)22)5-3-4-8-15/h6-7,9-10H,2-5,8,15H2,1H3,(H,16,20)(H,21,22). The number of carboxylic acids is 1. The zero-order valence-corrected chi connectivity index (χ0v) is 12.4. The fraction of sp³-hybridized carbons (Fsp3) is 0.571. The molecule has 0 spiro atoms. The molecule has 22 heavy (non-hydrogen) atoms. The molecule has 1 aliphatic rings. The summed E-state index contributed by atoms with van der Waals surface area (Å²) in [6, 6.07) is -2.07. The molecule has 0 aromatic heterocycles. The number of unbranched alkanes of at least 4 members (excludes halogenated alkanes) is 1. The van der Waals surface area contributed by atoms with E-state index < -0.39 is 35.8 Å². The van der Waals surface area contributed by atoms with Gasteiger partial charge in [0.2, 0.25) is 5.91 Å². The summed E-state index contributed by atoms with van der Waals surface area (Å²) in [6.45, 7) is 2.09. The quantitative estimate of drug-likeness (QED) is 0.384. The molecule has 0 bridgehead atoms. The van der Waals surface area contributed by atoms with Crippen LogP contribution in [-0.4, -0.2) is 52.3 Å². The summed E-state index contributed by atoms with van der Waals surface area (Å²) >= 11 is 0. The van der Waals surface area contributed by atoms with Gasteiger partial charge in [0, 0.05) is 12.2 Å². The summed E-state index contributed by atoms with van der Waals surface area (Å²) in [6.07, 6.45) is 3.86. The van der Waals surface area contributed by atoms with Crippen molar-refractivity contribution in [2.75, 3.05) is 6.54 Å². The Bertz CT molecular complexity index is 471. The molecular weight excluding hydrogens is 290 g/mol. The molecule has 0 saturated heterocycles. The van der Waals surface area contributed by atoms with Crippen molar-refractivity contribution in [3.05, 3.63) is 12.2 Å². The molecule has 0 aliphatic carbocycles. The van der Waals surface area contributed by atoms with Crippen molar-refractivity contribution in [1.29, 1.82) is 0 Å². The van der Waals surface area contributed by atoms with Gasteiger partial charge in [-0.1, -0.05) is 6.92 Å². The Morgan fingerprint density at radius 3 is 2.32 bits per heavy atom. The van der Waals surface area contributed by atoms with Gasteiger partial charge in [0.1, 0.15) is 12.1 Å². The topological polar surface area (TPSA) is 130 Å². The third kappa shape index (κ3) is 4.39. The molecule has 122 valence electrons.